The van der Waals surface area contributed by atoms with Gasteiger partial charge in [-0.3, -0.25) is 5.43 Å². The average molecular weight is 527 g/mol. The summed E-state index contributed by atoms with van der Waals surface area (Å²) in [5.41, 5.74) is 5.68. The molecule has 4 rings (SSSR count). The first kappa shape index (κ1) is 22.6. The first-order chi connectivity index (χ1) is 16.0. The number of aromatic nitrogens is 3. The molecule has 0 aliphatic heterocycles. The van der Waals surface area contributed by atoms with E-state index in [-0.39, 0.29) is 12.4 Å². The van der Waals surface area contributed by atoms with E-state index < -0.39 is 4.92 Å². The van der Waals surface area contributed by atoms with Crippen molar-refractivity contribution in [2.24, 2.45) is 5.10 Å². The number of anilines is 1. The average Bonchev–Trinajstić information content (AvgIpc) is 3.41. The number of thiazole rings is 1. The zero-order valence-corrected chi connectivity index (χ0v) is 19.9. The van der Waals surface area contributed by atoms with Crippen molar-refractivity contribution in [1.29, 1.82) is 0 Å². The van der Waals surface area contributed by atoms with Gasteiger partial charge in [0.25, 0.3) is 0 Å². The number of hydrogen-bond donors (Lipinski definition) is 1. The first-order valence-electron chi connectivity index (χ1n) is 9.90. The fourth-order valence-corrected chi connectivity index (χ4v) is 4.24. The van der Waals surface area contributed by atoms with Crippen LogP contribution >= 0.6 is 27.3 Å². The molecular formula is C22H19BrN6O3S. The number of ether oxygens (including phenoxy) is 1. The van der Waals surface area contributed by atoms with Gasteiger partial charge in [0.05, 0.1) is 11.9 Å². The molecule has 0 saturated heterocycles. The van der Waals surface area contributed by atoms with Gasteiger partial charge in [0.15, 0.2) is 5.82 Å². The van der Waals surface area contributed by atoms with Crippen molar-refractivity contribution < 1.29 is 9.66 Å². The molecule has 1 N–H and O–H groups in total. The minimum atomic E-state index is -0.450. The summed E-state index contributed by atoms with van der Waals surface area (Å²) in [6.07, 6.45) is 2.93. The third kappa shape index (κ3) is 5.62. The van der Waals surface area contributed by atoms with Crippen LogP contribution in [0.15, 0.2) is 69.7 Å². The SMILES string of the molecule is Cc1ncc([N+](=O)[O-])n1CCOc1cccc(/C=N/Nc2nc(-c3ccccc3Br)cs2)c1. The fourth-order valence-electron chi connectivity index (χ4n) is 3.10. The number of hydrazone groups is 1. The molecule has 0 atom stereocenters. The van der Waals surface area contributed by atoms with E-state index >= 15 is 0 Å². The van der Waals surface area contributed by atoms with Crippen molar-refractivity contribution in [3.63, 3.8) is 0 Å². The van der Waals surface area contributed by atoms with Crippen LogP contribution in [0.2, 0.25) is 0 Å². The number of hydrogen-bond acceptors (Lipinski definition) is 8. The molecule has 33 heavy (non-hydrogen) atoms. The van der Waals surface area contributed by atoms with Crippen LogP contribution in [0.3, 0.4) is 0 Å². The van der Waals surface area contributed by atoms with E-state index in [1.807, 2.05) is 53.9 Å². The topological polar surface area (TPSA) is 107 Å². The zero-order valence-electron chi connectivity index (χ0n) is 17.5. The van der Waals surface area contributed by atoms with Crippen LogP contribution in [0.25, 0.3) is 11.3 Å². The van der Waals surface area contributed by atoms with Crippen molar-refractivity contribution in [2.75, 3.05) is 12.0 Å². The summed E-state index contributed by atoms with van der Waals surface area (Å²) >= 11 is 5.01. The lowest BCUT2D eigenvalue weighted by molar-refractivity contribution is -0.392. The Morgan fingerprint density at radius 3 is 2.97 bits per heavy atom. The number of halogens is 1. The Labute approximate surface area is 202 Å². The highest BCUT2D eigenvalue weighted by Crippen LogP contribution is 2.30. The molecular weight excluding hydrogens is 508 g/mol. The number of rotatable bonds is 9. The lowest BCUT2D eigenvalue weighted by atomic mass is 10.2. The maximum atomic E-state index is 11.1. The summed E-state index contributed by atoms with van der Waals surface area (Å²) in [7, 11) is 0. The molecule has 0 spiro atoms. The van der Waals surface area contributed by atoms with E-state index in [9.17, 15) is 10.1 Å². The quantitative estimate of drug-likeness (QED) is 0.175. The lowest BCUT2D eigenvalue weighted by Gasteiger charge is -2.07. The Morgan fingerprint density at radius 1 is 1.30 bits per heavy atom. The predicted molar refractivity (Wildman–Crippen MR) is 132 cm³/mol. The number of nitrogens with one attached hydrogen (secondary N) is 1. The normalized spacial score (nSPS) is 11.1. The van der Waals surface area contributed by atoms with Gasteiger partial charge in [0, 0.05) is 22.3 Å². The molecule has 0 bridgehead atoms. The Morgan fingerprint density at radius 2 is 2.15 bits per heavy atom. The van der Waals surface area contributed by atoms with Gasteiger partial charge in [-0.1, -0.05) is 46.3 Å². The fraction of sp³-hybridized carbons (Fsp3) is 0.136. The summed E-state index contributed by atoms with van der Waals surface area (Å²) in [5.74, 6) is 1.17. The van der Waals surface area contributed by atoms with Gasteiger partial charge in [-0.15, -0.1) is 11.3 Å². The van der Waals surface area contributed by atoms with Crippen LogP contribution in [-0.4, -0.2) is 32.3 Å². The van der Waals surface area contributed by atoms with Gasteiger partial charge < -0.3 is 14.9 Å². The van der Waals surface area contributed by atoms with Gasteiger partial charge in [-0.2, -0.15) is 5.10 Å². The molecule has 0 amide bonds. The van der Waals surface area contributed by atoms with Crippen LogP contribution in [0, 0.1) is 17.0 Å². The summed E-state index contributed by atoms with van der Waals surface area (Å²) in [6.45, 7) is 2.32. The van der Waals surface area contributed by atoms with Gasteiger partial charge >= 0.3 is 5.82 Å². The number of aryl methyl sites for hydroxylation is 1. The van der Waals surface area contributed by atoms with E-state index in [0.29, 0.717) is 23.3 Å². The van der Waals surface area contributed by atoms with Gasteiger partial charge in [0.1, 0.15) is 25.1 Å². The van der Waals surface area contributed by atoms with Crippen molar-refractivity contribution in [3.8, 4) is 17.0 Å². The summed E-state index contributed by atoms with van der Waals surface area (Å²) < 4.78 is 8.28. The van der Waals surface area contributed by atoms with Crippen molar-refractivity contribution in [3.05, 3.63) is 86.1 Å². The van der Waals surface area contributed by atoms with Crippen LogP contribution in [-0.2, 0) is 6.54 Å². The molecule has 11 heteroatoms. The molecule has 0 aliphatic carbocycles. The minimum Gasteiger partial charge on any atom is -0.489 e. The van der Waals surface area contributed by atoms with Crippen LogP contribution in [0.1, 0.15) is 11.4 Å². The van der Waals surface area contributed by atoms with Gasteiger partial charge in [-0.05, 0) is 28.7 Å². The molecule has 4 aromatic rings. The minimum absolute atomic E-state index is 0.0481. The Hall–Kier alpha value is -3.57. The smallest absolute Gasteiger partial charge is 0.342 e. The number of nitro groups is 1. The van der Waals surface area contributed by atoms with E-state index in [2.05, 4.69) is 36.4 Å². The lowest BCUT2D eigenvalue weighted by Crippen LogP contribution is -2.11. The summed E-state index contributed by atoms with van der Waals surface area (Å²) in [5, 5.41) is 18.0. The zero-order chi connectivity index (χ0) is 23.2. The number of benzene rings is 2. The molecule has 0 fully saturated rings. The predicted octanol–water partition coefficient (Wildman–Crippen LogP) is 5.51. The number of imidazole rings is 1. The standard InChI is InChI=1S/C22H19BrN6O3S/c1-15-24-13-21(29(30)31)28(15)9-10-32-17-6-4-5-16(11-17)12-25-27-22-26-20(14-33-22)18-7-2-3-8-19(18)23/h2-8,11-14H,9-10H2,1H3,(H,26,27)/b25-12+. The highest BCUT2D eigenvalue weighted by molar-refractivity contribution is 9.10. The van der Waals surface area contributed by atoms with E-state index in [4.69, 9.17) is 4.74 Å². The Balaban J connectivity index is 1.34. The molecule has 2 aromatic heterocycles. The Bertz CT molecular complexity index is 1300. The molecule has 0 aliphatic rings. The third-order valence-electron chi connectivity index (χ3n) is 4.69. The number of nitrogens with zero attached hydrogens (tertiary/aromatic N) is 5. The van der Waals surface area contributed by atoms with Gasteiger partial charge in [0.2, 0.25) is 5.13 Å². The monoisotopic (exact) mass is 526 g/mol. The largest absolute Gasteiger partial charge is 0.489 e. The molecule has 168 valence electrons. The van der Waals surface area contributed by atoms with E-state index in [1.165, 1.54) is 22.1 Å². The highest BCUT2D eigenvalue weighted by atomic mass is 79.9. The van der Waals surface area contributed by atoms with Crippen molar-refractivity contribution in [1.82, 2.24) is 14.5 Å². The summed E-state index contributed by atoms with van der Waals surface area (Å²) in [6, 6.07) is 15.3. The highest BCUT2D eigenvalue weighted by Gasteiger charge is 2.17. The van der Waals surface area contributed by atoms with E-state index in [0.717, 1.165) is 21.3 Å². The molecule has 0 radical (unpaired) electrons. The molecule has 0 saturated carbocycles. The van der Waals surface area contributed by atoms with Crippen LogP contribution in [0.4, 0.5) is 10.9 Å². The van der Waals surface area contributed by atoms with Crippen molar-refractivity contribution >= 4 is 44.4 Å². The molecule has 2 heterocycles. The maximum Gasteiger partial charge on any atom is 0.342 e. The second-order valence-electron chi connectivity index (χ2n) is 6.88. The van der Waals surface area contributed by atoms with Crippen molar-refractivity contribution in [2.45, 2.75) is 13.5 Å². The second-order valence-corrected chi connectivity index (χ2v) is 8.59. The van der Waals surface area contributed by atoms with Crippen LogP contribution in [0.5, 0.6) is 5.75 Å². The third-order valence-corrected chi connectivity index (χ3v) is 6.13. The second kappa shape index (κ2) is 10.4. The molecule has 9 nitrogen and oxygen atoms in total. The van der Waals surface area contributed by atoms with E-state index in [1.54, 1.807) is 13.1 Å². The van der Waals surface area contributed by atoms with Gasteiger partial charge in [-0.25, -0.2) is 14.5 Å². The summed E-state index contributed by atoms with van der Waals surface area (Å²) in [4.78, 5) is 19.2. The molecule has 0 unspecified atom stereocenters. The first-order valence-corrected chi connectivity index (χ1v) is 11.6. The molecule has 2 aromatic carbocycles. The van der Waals surface area contributed by atoms with Crippen LogP contribution < -0.4 is 10.2 Å². The Kier molecular flexibility index (Phi) is 7.10. The maximum absolute atomic E-state index is 11.1.